The molecule has 1 rings (SSSR count). The first-order valence-electron chi connectivity index (χ1n) is 6.51. The summed E-state index contributed by atoms with van der Waals surface area (Å²) >= 11 is 0. The van der Waals surface area contributed by atoms with Crippen LogP contribution in [-0.4, -0.2) is 66.8 Å². The molecule has 0 radical (unpaired) electrons. The van der Waals surface area contributed by atoms with Crippen molar-refractivity contribution in [3.8, 4) is 0 Å². The van der Waals surface area contributed by atoms with Crippen LogP contribution in [0.15, 0.2) is 0 Å². The number of amides is 1. The highest BCUT2D eigenvalue weighted by Crippen LogP contribution is 2.14. The fourth-order valence-corrected chi connectivity index (χ4v) is 1.95. The van der Waals surface area contributed by atoms with Crippen molar-refractivity contribution in [2.45, 2.75) is 39.3 Å². The second kappa shape index (κ2) is 6.23. The van der Waals surface area contributed by atoms with E-state index in [4.69, 9.17) is 4.74 Å². The van der Waals surface area contributed by atoms with Crippen LogP contribution in [-0.2, 0) is 14.3 Å². The third-order valence-corrected chi connectivity index (χ3v) is 2.98. The first-order chi connectivity index (χ1) is 8.73. The lowest BCUT2D eigenvalue weighted by Gasteiger charge is -2.39. The van der Waals surface area contributed by atoms with Crippen molar-refractivity contribution in [2.75, 3.05) is 33.3 Å². The Morgan fingerprint density at radius 3 is 2.37 bits per heavy atom. The monoisotopic (exact) mass is 272 g/mol. The maximum absolute atomic E-state index is 11.9. The first-order valence-corrected chi connectivity index (χ1v) is 6.51. The minimum absolute atomic E-state index is 0.111. The van der Waals surface area contributed by atoms with Gasteiger partial charge in [-0.1, -0.05) is 0 Å². The summed E-state index contributed by atoms with van der Waals surface area (Å²) in [4.78, 5) is 26.9. The molecule has 1 amide bonds. The molecule has 1 unspecified atom stereocenters. The van der Waals surface area contributed by atoms with E-state index in [1.165, 1.54) is 7.11 Å². The van der Waals surface area contributed by atoms with E-state index in [2.05, 4.69) is 4.74 Å². The van der Waals surface area contributed by atoms with Gasteiger partial charge in [-0.2, -0.15) is 0 Å². The van der Waals surface area contributed by atoms with Gasteiger partial charge in [-0.3, -0.25) is 9.69 Å². The highest BCUT2D eigenvalue weighted by Gasteiger charge is 2.30. The van der Waals surface area contributed by atoms with Crippen LogP contribution in [0.5, 0.6) is 0 Å². The van der Waals surface area contributed by atoms with Crippen LogP contribution >= 0.6 is 0 Å². The third-order valence-electron chi connectivity index (χ3n) is 2.98. The fourth-order valence-electron chi connectivity index (χ4n) is 1.95. The average molecular weight is 272 g/mol. The predicted molar refractivity (Wildman–Crippen MR) is 70.9 cm³/mol. The van der Waals surface area contributed by atoms with Crippen molar-refractivity contribution in [1.82, 2.24) is 9.80 Å². The van der Waals surface area contributed by atoms with Gasteiger partial charge in [-0.05, 0) is 27.7 Å². The lowest BCUT2D eigenvalue weighted by molar-refractivity contribution is -0.143. The summed E-state index contributed by atoms with van der Waals surface area (Å²) in [6.07, 6.45) is -0.294. The predicted octanol–water partition coefficient (Wildman–Crippen LogP) is 1.10. The Morgan fingerprint density at radius 2 is 1.89 bits per heavy atom. The molecule has 0 spiro atoms. The molecule has 0 aliphatic carbocycles. The highest BCUT2D eigenvalue weighted by molar-refractivity contribution is 5.71. The number of esters is 1. The summed E-state index contributed by atoms with van der Waals surface area (Å²) in [7, 11) is 1.38. The molecule has 0 bridgehead atoms. The summed E-state index contributed by atoms with van der Waals surface area (Å²) < 4.78 is 10.00. The van der Waals surface area contributed by atoms with E-state index >= 15 is 0 Å². The highest BCUT2D eigenvalue weighted by atomic mass is 16.6. The van der Waals surface area contributed by atoms with Crippen molar-refractivity contribution in [3.63, 3.8) is 0 Å². The topological polar surface area (TPSA) is 59.1 Å². The number of hydrogen-bond donors (Lipinski definition) is 0. The Morgan fingerprint density at radius 1 is 1.26 bits per heavy atom. The molecule has 1 heterocycles. The third kappa shape index (κ3) is 5.06. The summed E-state index contributed by atoms with van der Waals surface area (Å²) in [5.74, 6) is -0.252. The van der Waals surface area contributed by atoms with Crippen molar-refractivity contribution in [3.05, 3.63) is 0 Å². The molecule has 6 heteroatoms. The molecule has 0 aromatic rings. The van der Waals surface area contributed by atoms with Crippen molar-refractivity contribution < 1.29 is 19.1 Å². The van der Waals surface area contributed by atoms with E-state index in [0.717, 1.165) is 0 Å². The summed E-state index contributed by atoms with van der Waals surface area (Å²) in [6.45, 7) is 9.57. The van der Waals surface area contributed by atoms with Crippen LogP contribution in [0, 0.1) is 0 Å². The Kier molecular flexibility index (Phi) is 5.17. The molecule has 0 aromatic carbocycles. The van der Waals surface area contributed by atoms with Crippen LogP contribution in [0.2, 0.25) is 0 Å². The molecule has 1 aliphatic rings. The number of methoxy groups -OCH3 is 1. The lowest BCUT2D eigenvalue weighted by atomic mass is 10.2. The van der Waals surface area contributed by atoms with Gasteiger partial charge in [0.05, 0.1) is 13.7 Å². The van der Waals surface area contributed by atoms with E-state index in [0.29, 0.717) is 19.6 Å². The molecule has 0 aromatic heterocycles. The molecule has 1 fully saturated rings. The largest absolute Gasteiger partial charge is 0.468 e. The van der Waals surface area contributed by atoms with Crippen LogP contribution in [0.1, 0.15) is 27.7 Å². The Balaban J connectivity index is 2.49. The molecule has 1 saturated heterocycles. The average Bonchev–Trinajstić information content (AvgIpc) is 2.29. The van der Waals surface area contributed by atoms with E-state index < -0.39 is 5.60 Å². The van der Waals surface area contributed by atoms with Crippen LogP contribution in [0.3, 0.4) is 0 Å². The second-order valence-electron chi connectivity index (χ2n) is 5.82. The molecule has 1 atom stereocenters. The number of carbonyl (C=O) groups is 2. The first kappa shape index (κ1) is 15.8. The van der Waals surface area contributed by atoms with Gasteiger partial charge >= 0.3 is 12.1 Å². The van der Waals surface area contributed by atoms with Crippen molar-refractivity contribution >= 4 is 12.1 Å². The number of piperazine rings is 1. The minimum Gasteiger partial charge on any atom is -0.468 e. The molecule has 0 saturated carbocycles. The Labute approximate surface area is 114 Å². The zero-order chi connectivity index (χ0) is 14.6. The van der Waals surface area contributed by atoms with Gasteiger partial charge in [0.25, 0.3) is 0 Å². The maximum atomic E-state index is 11.9. The maximum Gasteiger partial charge on any atom is 0.410 e. The molecule has 1 aliphatic heterocycles. The zero-order valence-corrected chi connectivity index (χ0v) is 12.4. The van der Waals surface area contributed by atoms with E-state index in [1.54, 1.807) is 4.90 Å². The van der Waals surface area contributed by atoms with Gasteiger partial charge in [0.15, 0.2) is 0 Å². The van der Waals surface area contributed by atoms with Crippen molar-refractivity contribution in [2.24, 2.45) is 0 Å². The van der Waals surface area contributed by atoms with E-state index in [1.807, 2.05) is 32.6 Å². The van der Waals surface area contributed by atoms with E-state index in [9.17, 15) is 9.59 Å². The normalized spacial score (nSPS) is 21.1. The lowest BCUT2D eigenvalue weighted by Crippen LogP contribution is -2.55. The minimum atomic E-state index is -0.483. The molecule has 6 nitrogen and oxygen atoms in total. The van der Waals surface area contributed by atoms with Gasteiger partial charge in [-0.15, -0.1) is 0 Å². The van der Waals surface area contributed by atoms with Crippen LogP contribution < -0.4 is 0 Å². The van der Waals surface area contributed by atoms with Gasteiger partial charge < -0.3 is 14.4 Å². The SMILES string of the molecule is COC(=O)CN1CCN(C(=O)OC(C)(C)C)CC1C. The summed E-state index contributed by atoms with van der Waals surface area (Å²) in [5.41, 5.74) is -0.483. The van der Waals surface area contributed by atoms with Gasteiger partial charge in [-0.25, -0.2) is 4.79 Å². The van der Waals surface area contributed by atoms with Gasteiger partial charge in [0.1, 0.15) is 5.60 Å². The summed E-state index contributed by atoms with van der Waals surface area (Å²) in [5, 5.41) is 0. The van der Waals surface area contributed by atoms with Crippen molar-refractivity contribution in [1.29, 1.82) is 0 Å². The zero-order valence-electron chi connectivity index (χ0n) is 12.4. The fraction of sp³-hybridized carbons (Fsp3) is 0.846. The molecule has 19 heavy (non-hydrogen) atoms. The Bertz CT molecular complexity index is 338. The molecule has 0 N–H and O–H groups in total. The smallest absolute Gasteiger partial charge is 0.410 e. The molecule has 110 valence electrons. The Hall–Kier alpha value is -1.30. The number of rotatable bonds is 2. The number of ether oxygens (including phenoxy) is 2. The summed E-state index contributed by atoms with van der Waals surface area (Å²) in [6, 6.07) is 0.111. The van der Waals surface area contributed by atoms with Gasteiger partial charge in [0, 0.05) is 25.7 Å². The van der Waals surface area contributed by atoms with Crippen LogP contribution in [0.25, 0.3) is 0 Å². The second-order valence-corrected chi connectivity index (χ2v) is 5.82. The van der Waals surface area contributed by atoms with Gasteiger partial charge in [0.2, 0.25) is 0 Å². The standard InChI is InChI=1S/C13H24N2O4/c1-10-8-15(12(17)19-13(2,3)4)7-6-14(10)9-11(16)18-5/h10H,6-9H2,1-5H3. The number of nitrogens with zero attached hydrogens (tertiary/aromatic N) is 2. The van der Waals surface area contributed by atoms with Crippen LogP contribution in [0.4, 0.5) is 4.79 Å². The van der Waals surface area contributed by atoms with E-state index in [-0.39, 0.29) is 24.6 Å². The number of carbonyl (C=O) groups excluding carboxylic acids is 2. The molecular weight excluding hydrogens is 248 g/mol. The quantitative estimate of drug-likeness (QED) is 0.705. The number of hydrogen-bond acceptors (Lipinski definition) is 5. The molecular formula is C13H24N2O4.